The van der Waals surface area contributed by atoms with Crippen LogP contribution < -0.4 is 16.4 Å². The first-order valence-corrected chi connectivity index (χ1v) is 9.16. The fourth-order valence-electron chi connectivity index (χ4n) is 2.64. The van der Waals surface area contributed by atoms with Crippen molar-refractivity contribution in [2.45, 2.75) is 20.4 Å². The number of amides is 1. The summed E-state index contributed by atoms with van der Waals surface area (Å²) >= 11 is 12.4. The number of anilines is 3. The number of carbonyl (C=O) groups is 1. The Balaban J connectivity index is 1.80. The second-order valence-corrected chi connectivity index (χ2v) is 6.90. The first-order valence-electron chi connectivity index (χ1n) is 8.40. The van der Waals surface area contributed by atoms with E-state index in [0.29, 0.717) is 23.1 Å². The van der Waals surface area contributed by atoms with E-state index in [2.05, 4.69) is 25.6 Å². The van der Waals surface area contributed by atoms with E-state index >= 15 is 0 Å². The number of carbonyl (C=O) groups excluding carboxylic acids is 1. The first kappa shape index (κ1) is 20.0. The Hall–Kier alpha value is -2.74. The molecule has 9 heteroatoms. The van der Waals surface area contributed by atoms with Gasteiger partial charge in [0.05, 0.1) is 15.6 Å². The fourth-order valence-corrected chi connectivity index (χ4v) is 3.35. The van der Waals surface area contributed by atoms with Crippen molar-refractivity contribution >= 4 is 46.4 Å². The molecule has 144 valence electrons. The topological polar surface area (TPSA) is 106 Å². The van der Waals surface area contributed by atoms with Crippen molar-refractivity contribution < 1.29 is 4.79 Å². The molecular formula is C19H18Cl2N6O. The van der Waals surface area contributed by atoms with Crippen LogP contribution in [0.15, 0.2) is 36.5 Å². The number of hydrogen-bond acceptors (Lipinski definition) is 6. The molecule has 4 N–H and O–H groups in total. The predicted octanol–water partition coefficient (Wildman–Crippen LogP) is 4.25. The molecule has 28 heavy (non-hydrogen) atoms. The zero-order valence-electron chi connectivity index (χ0n) is 15.3. The molecule has 0 aliphatic heterocycles. The molecule has 7 nitrogen and oxygen atoms in total. The lowest BCUT2D eigenvalue weighted by molar-refractivity contribution is 0.102. The summed E-state index contributed by atoms with van der Waals surface area (Å²) < 4.78 is 0. The highest BCUT2D eigenvalue weighted by molar-refractivity contribution is 6.40. The van der Waals surface area contributed by atoms with Crippen molar-refractivity contribution in [1.29, 1.82) is 0 Å². The summed E-state index contributed by atoms with van der Waals surface area (Å²) in [7, 11) is 0. The normalized spacial score (nSPS) is 10.6. The summed E-state index contributed by atoms with van der Waals surface area (Å²) in [4.78, 5) is 25.4. The smallest absolute Gasteiger partial charge is 0.258 e. The highest BCUT2D eigenvalue weighted by Crippen LogP contribution is 2.28. The van der Waals surface area contributed by atoms with Crippen LogP contribution in [-0.2, 0) is 6.54 Å². The van der Waals surface area contributed by atoms with Gasteiger partial charge in [-0.1, -0.05) is 23.2 Å². The van der Waals surface area contributed by atoms with Crippen molar-refractivity contribution in [3.05, 3.63) is 69.2 Å². The summed E-state index contributed by atoms with van der Waals surface area (Å²) in [6, 6.07) is 8.40. The molecule has 1 amide bonds. The molecule has 0 fully saturated rings. The second kappa shape index (κ2) is 8.52. The van der Waals surface area contributed by atoms with Crippen molar-refractivity contribution in [3.8, 4) is 0 Å². The van der Waals surface area contributed by atoms with E-state index in [-0.39, 0.29) is 22.2 Å². The average Bonchev–Trinajstić information content (AvgIpc) is 2.60. The van der Waals surface area contributed by atoms with Crippen LogP contribution in [0.4, 0.5) is 17.3 Å². The second-order valence-electron chi connectivity index (χ2n) is 6.09. The number of nitrogens with zero attached hydrogens (tertiary/aromatic N) is 3. The van der Waals surface area contributed by atoms with Gasteiger partial charge in [-0.3, -0.25) is 4.79 Å². The number of pyridine rings is 1. The Morgan fingerprint density at radius 3 is 2.43 bits per heavy atom. The Morgan fingerprint density at radius 2 is 1.79 bits per heavy atom. The zero-order valence-corrected chi connectivity index (χ0v) is 16.8. The van der Waals surface area contributed by atoms with Gasteiger partial charge in [0.2, 0.25) is 0 Å². The number of hydrogen-bond donors (Lipinski definition) is 3. The quantitative estimate of drug-likeness (QED) is 0.573. The molecule has 2 heterocycles. The van der Waals surface area contributed by atoms with Crippen LogP contribution >= 0.6 is 23.2 Å². The third-order valence-electron chi connectivity index (χ3n) is 3.80. The standard InChI is InChI=1S/C19H18Cl2N6O/c1-10-5-17(25-11(2)24-10)27-16-8-13(3-4-23-16)26-19(28)18-14(20)6-12(9-22)7-15(18)21/h3-8H,9,22H2,1-2H3,(H2,23,24,25,26,27,28). The van der Waals surface area contributed by atoms with E-state index in [4.69, 9.17) is 28.9 Å². The van der Waals surface area contributed by atoms with Gasteiger partial charge in [0.15, 0.2) is 0 Å². The SMILES string of the molecule is Cc1cc(Nc2cc(NC(=O)c3c(Cl)cc(CN)cc3Cl)ccn2)nc(C)n1. The van der Waals surface area contributed by atoms with Gasteiger partial charge in [-0.15, -0.1) is 0 Å². The summed E-state index contributed by atoms with van der Waals surface area (Å²) in [5, 5.41) is 6.35. The van der Waals surface area contributed by atoms with Gasteiger partial charge in [-0.05, 0) is 37.6 Å². The molecule has 3 aromatic rings. The maximum absolute atomic E-state index is 12.6. The third-order valence-corrected chi connectivity index (χ3v) is 4.40. The average molecular weight is 417 g/mol. The summed E-state index contributed by atoms with van der Waals surface area (Å²) in [6.45, 7) is 3.97. The number of rotatable bonds is 5. The lowest BCUT2D eigenvalue weighted by atomic mass is 10.1. The highest BCUT2D eigenvalue weighted by Gasteiger charge is 2.16. The largest absolute Gasteiger partial charge is 0.326 e. The van der Waals surface area contributed by atoms with E-state index in [1.54, 1.807) is 36.5 Å². The van der Waals surface area contributed by atoms with Crippen LogP contribution in [0.3, 0.4) is 0 Å². The van der Waals surface area contributed by atoms with Crippen LogP contribution in [-0.4, -0.2) is 20.9 Å². The molecule has 0 bridgehead atoms. The number of nitrogens with two attached hydrogens (primary N) is 1. The number of benzene rings is 1. The van der Waals surface area contributed by atoms with Crippen LogP contribution in [0.25, 0.3) is 0 Å². The summed E-state index contributed by atoms with van der Waals surface area (Å²) in [5.74, 6) is 1.36. The molecule has 0 spiro atoms. The van der Waals surface area contributed by atoms with Crippen LogP contribution in [0, 0.1) is 13.8 Å². The van der Waals surface area contributed by atoms with Gasteiger partial charge in [0.25, 0.3) is 5.91 Å². The molecule has 0 unspecified atom stereocenters. The van der Waals surface area contributed by atoms with Crippen molar-refractivity contribution in [2.24, 2.45) is 5.73 Å². The minimum Gasteiger partial charge on any atom is -0.326 e. The predicted molar refractivity (Wildman–Crippen MR) is 111 cm³/mol. The molecule has 0 atom stereocenters. The van der Waals surface area contributed by atoms with E-state index in [1.165, 1.54) is 0 Å². The van der Waals surface area contributed by atoms with Crippen LogP contribution in [0.2, 0.25) is 10.0 Å². The first-order chi connectivity index (χ1) is 13.4. The maximum Gasteiger partial charge on any atom is 0.258 e. The van der Waals surface area contributed by atoms with Gasteiger partial charge in [0, 0.05) is 36.3 Å². The van der Waals surface area contributed by atoms with Crippen molar-refractivity contribution in [1.82, 2.24) is 15.0 Å². The van der Waals surface area contributed by atoms with Gasteiger partial charge in [-0.2, -0.15) is 0 Å². The van der Waals surface area contributed by atoms with Gasteiger partial charge in [0.1, 0.15) is 17.5 Å². The molecule has 0 radical (unpaired) electrons. The molecule has 2 aromatic heterocycles. The zero-order chi connectivity index (χ0) is 20.3. The number of nitrogens with one attached hydrogen (secondary N) is 2. The molecule has 0 aliphatic carbocycles. The third kappa shape index (κ3) is 4.75. The monoisotopic (exact) mass is 416 g/mol. The summed E-state index contributed by atoms with van der Waals surface area (Å²) in [5.41, 5.74) is 7.90. The molecule has 1 aromatic carbocycles. The van der Waals surface area contributed by atoms with Crippen molar-refractivity contribution in [3.63, 3.8) is 0 Å². The van der Waals surface area contributed by atoms with Gasteiger partial charge < -0.3 is 16.4 Å². The minimum absolute atomic E-state index is 0.189. The lowest BCUT2D eigenvalue weighted by Crippen LogP contribution is -2.14. The molecule has 0 saturated carbocycles. The molecular weight excluding hydrogens is 399 g/mol. The minimum atomic E-state index is -0.426. The molecule has 0 saturated heterocycles. The Morgan fingerprint density at radius 1 is 1.07 bits per heavy atom. The highest BCUT2D eigenvalue weighted by atomic mass is 35.5. The fraction of sp³-hybridized carbons (Fsp3) is 0.158. The Kier molecular flexibility index (Phi) is 6.08. The lowest BCUT2D eigenvalue weighted by Gasteiger charge is -2.11. The number of halogens is 2. The summed E-state index contributed by atoms with van der Waals surface area (Å²) in [6.07, 6.45) is 1.57. The maximum atomic E-state index is 12.6. The van der Waals surface area contributed by atoms with Gasteiger partial charge in [-0.25, -0.2) is 15.0 Å². The van der Waals surface area contributed by atoms with Gasteiger partial charge >= 0.3 is 0 Å². The van der Waals surface area contributed by atoms with E-state index in [1.807, 2.05) is 13.8 Å². The number of aromatic nitrogens is 3. The molecule has 3 rings (SSSR count). The van der Waals surface area contributed by atoms with E-state index < -0.39 is 5.91 Å². The number of aryl methyl sites for hydroxylation is 2. The van der Waals surface area contributed by atoms with Crippen molar-refractivity contribution in [2.75, 3.05) is 10.6 Å². The Labute approximate surface area is 172 Å². The molecule has 0 aliphatic rings. The van der Waals surface area contributed by atoms with Crippen LogP contribution in [0.5, 0.6) is 0 Å². The Bertz CT molecular complexity index is 997. The van der Waals surface area contributed by atoms with E-state index in [0.717, 1.165) is 11.3 Å². The van der Waals surface area contributed by atoms with Crippen LogP contribution in [0.1, 0.15) is 27.4 Å². The van der Waals surface area contributed by atoms with E-state index in [9.17, 15) is 4.79 Å².